The quantitative estimate of drug-likeness (QED) is 0.851. The van der Waals surface area contributed by atoms with Gasteiger partial charge in [-0.2, -0.15) is 0 Å². The van der Waals surface area contributed by atoms with Gasteiger partial charge in [0.1, 0.15) is 5.82 Å². The zero-order valence-electron chi connectivity index (χ0n) is 13.7. The predicted molar refractivity (Wildman–Crippen MR) is 89.6 cm³/mol. The highest BCUT2D eigenvalue weighted by atomic mass is 32.1. The predicted octanol–water partition coefficient (Wildman–Crippen LogP) is 2.82. The minimum Gasteiger partial charge on any atom is -0.329 e. The molecule has 1 atom stereocenters. The van der Waals surface area contributed by atoms with Crippen molar-refractivity contribution in [1.29, 1.82) is 0 Å². The summed E-state index contributed by atoms with van der Waals surface area (Å²) in [5.74, 6) is 2.78. The number of hydrogen-bond donors (Lipinski definition) is 0. The van der Waals surface area contributed by atoms with Gasteiger partial charge in [-0.25, -0.2) is 0 Å². The van der Waals surface area contributed by atoms with E-state index in [0.29, 0.717) is 6.54 Å². The summed E-state index contributed by atoms with van der Waals surface area (Å²) in [4.78, 5) is 17.1. The van der Waals surface area contributed by atoms with Crippen LogP contribution in [-0.2, 0) is 25.9 Å². The van der Waals surface area contributed by atoms with Gasteiger partial charge in [0, 0.05) is 18.0 Å². The molecule has 0 fully saturated rings. The molecule has 0 N–H and O–H groups in total. The van der Waals surface area contributed by atoms with Gasteiger partial charge in [-0.05, 0) is 43.7 Å². The number of aryl methyl sites for hydroxylation is 2. The van der Waals surface area contributed by atoms with Gasteiger partial charge in [0.15, 0.2) is 5.82 Å². The molecule has 122 valence electrons. The molecular weight excluding hydrogens is 308 g/mol. The van der Waals surface area contributed by atoms with E-state index in [-0.39, 0.29) is 5.91 Å². The van der Waals surface area contributed by atoms with E-state index in [1.807, 2.05) is 11.8 Å². The van der Waals surface area contributed by atoms with Gasteiger partial charge >= 0.3 is 0 Å². The van der Waals surface area contributed by atoms with E-state index in [9.17, 15) is 4.79 Å². The van der Waals surface area contributed by atoms with Crippen LogP contribution < -0.4 is 0 Å². The van der Waals surface area contributed by atoms with Crippen LogP contribution in [0.15, 0.2) is 6.07 Å². The van der Waals surface area contributed by atoms with Crippen molar-refractivity contribution in [3.8, 4) is 0 Å². The van der Waals surface area contributed by atoms with Gasteiger partial charge in [-0.1, -0.05) is 13.3 Å². The Morgan fingerprint density at radius 2 is 2.26 bits per heavy atom. The fourth-order valence-corrected chi connectivity index (χ4v) is 4.86. The largest absolute Gasteiger partial charge is 0.329 e. The number of carbonyl (C=O) groups excluding carboxylic acids is 1. The Bertz CT molecular complexity index is 748. The number of hydrogen-bond acceptors (Lipinski definition) is 4. The van der Waals surface area contributed by atoms with E-state index < -0.39 is 0 Å². The Morgan fingerprint density at radius 3 is 3.09 bits per heavy atom. The van der Waals surface area contributed by atoms with E-state index >= 15 is 0 Å². The van der Waals surface area contributed by atoms with E-state index in [1.54, 1.807) is 11.3 Å². The van der Waals surface area contributed by atoms with E-state index in [2.05, 4.69) is 27.8 Å². The first-order valence-corrected chi connectivity index (χ1v) is 9.27. The minimum absolute atomic E-state index is 0.157. The lowest BCUT2D eigenvalue weighted by Crippen LogP contribution is -2.38. The van der Waals surface area contributed by atoms with Crippen LogP contribution >= 0.6 is 11.3 Å². The highest BCUT2D eigenvalue weighted by Crippen LogP contribution is 2.34. The second kappa shape index (κ2) is 5.74. The van der Waals surface area contributed by atoms with E-state index in [4.69, 9.17) is 0 Å². The number of fused-ring (bicyclic) bond motifs is 2. The summed E-state index contributed by atoms with van der Waals surface area (Å²) in [5, 5.41) is 8.30. The lowest BCUT2D eigenvalue weighted by atomic mass is 9.87. The average Bonchev–Trinajstić information content (AvgIpc) is 3.17. The average molecular weight is 330 g/mol. The van der Waals surface area contributed by atoms with Crippen LogP contribution in [0, 0.1) is 12.8 Å². The van der Waals surface area contributed by atoms with Gasteiger partial charge in [0.25, 0.3) is 5.91 Å². The molecule has 0 saturated heterocycles. The molecule has 0 radical (unpaired) electrons. The van der Waals surface area contributed by atoms with Crippen molar-refractivity contribution >= 4 is 17.2 Å². The number of carbonyl (C=O) groups is 1. The maximum absolute atomic E-state index is 12.9. The lowest BCUT2D eigenvalue weighted by Gasteiger charge is -2.27. The highest BCUT2D eigenvalue weighted by Gasteiger charge is 2.27. The second-order valence-electron chi connectivity index (χ2n) is 6.62. The SMILES string of the molecule is CCC1CCc2sc(C(=O)N3CCn4c(C)nnc4C3)cc2C1. The molecule has 1 unspecified atom stereocenters. The summed E-state index contributed by atoms with van der Waals surface area (Å²) < 4.78 is 2.11. The molecule has 2 aromatic rings. The number of amides is 1. The molecule has 1 aliphatic carbocycles. The Labute approximate surface area is 140 Å². The third kappa shape index (κ3) is 2.59. The van der Waals surface area contributed by atoms with Crippen molar-refractivity contribution in [1.82, 2.24) is 19.7 Å². The Kier molecular flexibility index (Phi) is 3.71. The summed E-state index contributed by atoms with van der Waals surface area (Å²) in [6, 6.07) is 2.15. The van der Waals surface area contributed by atoms with Crippen molar-refractivity contribution in [2.75, 3.05) is 6.54 Å². The van der Waals surface area contributed by atoms with Crippen molar-refractivity contribution in [2.24, 2.45) is 5.92 Å². The van der Waals surface area contributed by atoms with Crippen molar-refractivity contribution < 1.29 is 4.79 Å². The molecule has 0 bridgehead atoms. The molecular formula is C17H22N4OS. The highest BCUT2D eigenvalue weighted by molar-refractivity contribution is 7.14. The van der Waals surface area contributed by atoms with Gasteiger partial charge in [0.05, 0.1) is 11.4 Å². The molecule has 3 heterocycles. The molecule has 5 nitrogen and oxygen atoms in total. The van der Waals surface area contributed by atoms with Crippen LogP contribution in [0.5, 0.6) is 0 Å². The van der Waals surface area contributed by atoms with Gasteiger partial charge in [0.2, 0.25) is 0 Å². The van der Waals surface area contributed by atoms with Crippen LogP contribution in [0.3, 0.4) is 0 Å². The number of thiophene rings is 1. The first-order chi connectivity index (χ1) is 11.2. The van der Waals surface area contributed by atoms with Crippen LogP contribution in [0.1, 0.15) is 51.5 Å². The Balaban J connectivity index is 1.53. The first kappa shape index (κ1) is 14.9. The third-order valence-corrected chi connectivity index (χ3v) is 6.42. The molecule has 2 aromatic heterocycles. The fraction of sp³-hybridized carbons (Fsp3) is 0.588. The van der Waals surface area contributed by atoms with Crippen molar-refractivity contribution in [2.45, 2.75) is 52.6 Å². The summed E-state index contributed by atoms with van der Waals surface area (Å²) in [6.07, 6.45) is 4.78. The zero-order chi connectivity index (χ0) is 16.0. The zero-order valence-corrected chi connectivity index (χ0v) is 14.5. The monoisotopic (exact) mass is 330 g/mol. The standard InChI is InChI=1S/C17H22N4OS/c1-3-12-4-5-14-13(8-12)9-15(23-14)17(22)20-6-7-21-11(2)18-19-16(21)10-20/h9,12H,3-8,10H2,1-2H3. The van der Waals surface area contributed by atoms with E-state index in [0.717, 1.165) is 48.4 Å². The topological polar surface area (TPSA) is 51.0 Å². The Hall–Kier alpha value is -1.69. The maximum Gasteiger partial charge on any atom is 0.264 e. The van der Waals surface area contributed by atoms with Crippen LogP contribution in [0.4, 0.5) is 0 Å². The lowest BCUT2D eigenvalue weighted by molar-refractivity contribution is 0.0711. The number of rotatable bonds is 2. The number of aromatic nitrogens is 3. The summed E-state index contributed by atoms with van der Waals surface area (Å²) in [5.41, 5.74) is 1.41. The van der Waals surface area contributed by atoms with Crippen LogP contribution in [0.25, 0.3) is 0 Å². The molecule has 1 aliphatic heterocycles. The molecule has 4 rings (SSSR count). The van der Waals surface area contributed by atoms with E-state index in [1.165, 1.54) is 23.3 Å². The first-order valence-electron chi connectivity index (χ1n) is 8.45. The molecule has 0 aromatic carbocycles. The fourth-order valence-electron chi connectivity index (χ4n) is 3.69. The summed E-state index contributed by atoms with van der Waals surface area (Å²) in [7, 11) is 0. The van der Waals surface area contributed by atoms with Crippen LogP contribution in [-0.4, -0.2) is 32.1 Å². The summed E-state index contributed by atoms with van der Waals surface area (Å²) >= 11 is 1.70. The molecule has 0 spiro atoms. The molecule has 23 heavy (non-hydrogen) atoms. The molecule has 0 saturated carbocycles. The third-order valence-electron chi connectivity index (χ3n) is 5.20. The number of nitrogens with zero attached hydrogens (tertiary/aromatic N) is 4. The maximum atomic E-state index is 12.9. The smallest absolute Gasteiger partial charge is 0.264 e. The second-order valence-corrected chi connectivity index (χ2v) is 7.75. The van der Waals surface area contributed by atoms with Crippen LogP contribution in [0.2, 0.25) is 0 Å². The normalized spacial score (nSPS) is 20.3. The molecule has 6 heteroatoms. The van der Waals surface area contributed by atoms with Crippen molar-refractivity contribution in [3.63, 3.8) is 0 Å². The minimum atomic E-state index is 0.157. The summed E-state index contributed by atoms with van der Waals surface area (Å²) in [6.45, 7) is 6.33. The Morgan fingerprint density at radius 1 is 1.39 bits per heavy atom. The molecule has 2 aliphatic rings. The van der Waals surface area contributed by atoms with Gasteiger partial charge in [-0.3, -0.25) is 4.79 Å². The van der Waals surface area contributed by atoms with Gasteiger partial charge < -0.3 is 9.47 Å². The molecule has 1 amide bonds. The van der Waals surface area contributed by atoms with Gasteiger partial charge in [-0.15, -0.1) is 21.5 Å². The van der Waals surface area contributed by atoms with Crippen molar-refractivity contribution in [3.05, 3.63) is 33.0 Å².